The summed E-state index contributed by atoms with van der Waals surface area (Å²) in [5, 5.41) is 3.60. The highest BCUT2D eigenvalue weighted by atomic mass is 15.1. The zero-order chi connectivity index (χ0) is 11.6. The first-order chi connectivity index (χ1) is 7.71. The highest BCUT2D eigenvalue weighted by molar-refractivity contribution is 5.10. The van der Waals surface area contributed by atoms with E-state index in [0.717, 1.165) is 13.1 Å². The minimum atomic E-state index is 0.430. The van der Waals surface area contributed by atoms with Crippen molar-refractivity contribution in [2.24, 2.45) is 5.41 Å². The Kier molecular flexibility index (Phi) is 3.33. The largest absolute Gasteiger partial charge is 0.334 e. The fraction of sp³-hybridized carbons (Fsp3) is 0.769. The van der Waals surface area contributed by atoms with E-state index in [0.29, 0.717) is 11.5 Å². The quantitative estimate of drug-likeness (QED) is 0.800. The van der Waals surface area contributed by atoms with E-state index in [4.69, 9.17) is 0 Å². The van der Waals surface area contributed by atoms with Crippen LogP contribution in [-0.2, 0) is 6.54 Å². The average Bonchev–Trinajstić information content (AvgIpc) is 2.85. The molecule has 1 saturated carbocycles. The molecule has 90 valence electrons. The van der Waals surface area contributed by atoms with Crippen LogP contribution in [0.15, 0.2) is 12.4 Å². The lowest BCUT2D eigenvalue weighted by Crippen LogP contribution is -2.30. The van der Waals surface area contributed by atoms with E-state index in [2.05, 4.69) is 41.8 Å². The molecular weight excluding hydrogens is 198 g/mol. The Hall–Kier alpha value is -0.830. The van der Waals surface area contributed by atoms with Crippen LogP contribution >= 0.6 is 0 Å². The van der Waals surface area contributed by atoms with Crippen molar-refractivity contribution in [1.82, 2.24) is 14.9 Å². The summed E-state index contributed by atoms with van der Waals surface area (Å²) in [6, 6.07) is 0.430. The molecule has 1 fully saturated rings. The molecule has 0 radical (unpaired) electrons. The summed E-state index contributed by atoms with van der Waals surface area (Å²) in [7, 11) is 0. The third-order valence-electron chi connectivity index (χ3n) is 3.61. The number of imidazole rings is 1. The van der Waals surface area contributed by atoms with Gasteiger partial charge in [-0.1, -0.05) is 20.8 Å². The third-order valence-corrected chi connectivity index (χ3v) is 3.61. The van der Waals surface area contributed by atoms with E-state index in [1.165, 1.54) is 25.1 Å². The summed E-state index contributed by atoms with van der Waals surface area (Å²) >= 11 is 0. The lowest BCUT2D eigenvalue weighted by molar-refractivity contribution is 0.345. The van der Waals surface area contributed by atoms with Crippen molar-refractivity contribution in [2.75, 3.05) is 6.54 Å². The van der Waals surface area contributed by atoms with Gasteiger partial charge in [0.1, 0.15) is 5.82 Å². The number of aromatic nitrogens is 2. The SMILES string of the molecule is CCCn1ccnc1C(NCC)C1(C)CC1. The molecule has 1 aromatic rings. The van der Waals surface area contributed by atoms with Gasteiger partial charge in [0.2, 0.25) is 0 Å². The number of aryl methyl sites for hydroxylation is 1. The summed E-state index contributed by atoms with van der Waals surface area (Å²) in [5.74, 6) is 1.23. The predicted molar refractivity (Wildman–Crippen MR) is 66.3 cm³/mol. The normalized spacial score (nSPS) is 19.7. The maximum absolute atomic E-state index is 4.56. The summed E-state index contributed by atoms with van der Waals surface area (Å²) in [5.41, 5.74) is 0.437. The van der Waals surface area contributed by atoms with Gasteiger partial charge >= 0.3 is 0 Å². The van der Waals surface area contributed by atoms with Crippen molar-refractivity contribution in [3.8, 4) is 0 Å². The van der Waals surface area contributed by atoms with Gasteiger partial charge in [-0.2, -0.15) is 0 Å². The Morgan fingerprint density at radius 1 is 1.50 bits per heavy atom. The van der Waals surface area contributed by atoms with Crippen molar-refractivity contribution < 1.29 is 0 Å². The van der Waals surface area contributed by atoms with Gasteiger partial charge in [0.15, 0.2) is 0 Å². The summed E-state index contributed by atoms with van der Waals surface area (Å²) < 4.78 is 2.30. The third kappa shape index (κ3) is 2.14. The first-order valence-electron chi connectivity index (χ1n) is 6.45. The minimum Gasteiger partial charge on any atom is -0.334 e. The first kappa shape index (κ1) is 11.6. The van der Waals surface area contributed by atoms with Crippen LogP contribution in [0.1, 0.15) is 51.9 Å². The van der Waals surface area contributed by atoms with Crippen molar-refractivity contribution in [3.63, 3.8) is 0 Å². The zero-order valence-electron chi connectivity index (χ0n) is 10.7. The van der Waals surface area contributed by atoms with E-state index in [1.807, 2.05) is 6.20 Å². The molecule has 1 unspecified atom stereocenters. The van der Waals surface area contributed by atoms with Crippen molar-refractivity contribution >= 4 is 0 Å². The number of hydrogen-bond donors (Lipinski definition) is 1. The van der Waals surface area contributed by atoms with Crippen LogP contribution in [0.25, 0.3) is 0 Å². The van der Waals surface area contributed by atoms with E-state index in [-0.39, 0.29) is 0 Å². The van der Waals surface area contributed by atoms with Gasteiger partial charge in [-0.15, -0.1) is 0 Å². The summed E-state index contributed by atoms with van der Waals surface area (Å²) in [6.07, 6.45) is 7.85. The Morgan fingerprint density at radius 3 is 2.81 bits per heavy atom. The lowest BCUT2D eigenvalue weighted by atomic mass is 9.98. The molecule has 0 aliphatic heterocycles. The molecule has 0 spiro atoms. The van der Waals surface area contributed by atoms with Gasteiger partial charge in [-0.25, -0.2) is 4.98 Å². The van der Waals surface area contributed by atoms with E-state index >= 15 is 0 Å². The molecule has 3 heteroatoms. The molecule has 3 nitrogen and oxygen atoms in total. The summed E-state index contributed by atoms with van der Waals surface area (Å²) in [6.45, 7) is 8.84. The van der Waals surface area contributed by atoms with Gasteiger partial charge in [-0.05, 0) is 31.2 Å². The van der Waals surface area contributed by atoms with E-state index in [1.54, 1.807) is 0 Å². The van der Waals surface area contributed by atoms with Gasteiger partial charge in [0.05, 0.1) is 6.04 Å². The Balaban J connectivity index is 2.20. The average molecular weight is 221 g/mol. The molecule has 0 saturated heterocycles. The Bertz CT molecular complexity index is 339. The molecule has 1 atom stereocenters. The van der Waals surface area contributed by atoms with Crippen LogP contribution in [0.5, 0.6) is 0 Å². The number of nitrogens with one attached hydrogen (secondary N) is 1. The minimum absolute atomic E-state index is 0.430. The van der Waals surface area contributed by atoms with Crippen LogP contribution < -0.4 is 5.32 Å². The second-order valence-corrected chi connectivity index (χ2v) is 5.12. The van der Waals surface area contributed by atoms with Crippen LogP contribution in [0.3, 0.4) is 0 Å². The molecule has 1 aliphatic rings. The molecule has 2 rings (SSSR count). The number of hydrogen-bond acceptors (Lipinski definition) is 2. The molecule has 1 heterocycles. The second-order valence-electron chi connectivity index (χ2n) is 5.12. The first-order valence-corrected chi connectivity index (χ1v) is 6.45. The molecular formula is C13H23N3. The second kappa shape index (κ2) is 4.58. The smallest absolute Gasteiger partial charge is 0.126 e. The fourth-order valence-corrected chi connectivity index (χ4v) is 2.35. The number of rotatable bonds is 6. The molecule has 16 heavy (non-hydrogen) atoms. The van der Waals surface area contributed by atoms with Gasteiger partial charge in [0, 0.05) is 18.9 Å². The van der Waals surface area contributed by atoms with Crippen molar-refractivity contribution in [1.29, 1.82) is 0 Å². The molecule has 0 amide bonds. The molecule has 0 bridgehead atoms. The van der Waals surface area contributed by atoms with Crippen LogP contribution in [0, 0.1) is 5.41 Å². The fourth-order valence-electron chi connectivity index (χ4n) is 2.35. The molecule has 1 N–H and O–H groups in total. The monoisotopic (exact) mass is 221 g/mol. The molecule has 1 aliphatic carbocycles. The highest BCUT2D eigenvalue weighted by Crippen LogP contribution is 2.54. The zero-order valence-corrected chi connectivity index (χ0v) is 10.7. The number of nitrogens with zero attached hydrogens (tertiary/aromatic N) is 2. The maximum atomic E-state index is 4.56. The predicted octanol–water partition coefficient (Wildman–Crippen LogP) is 2.74. The van der Waals surface area contributed by atoms with E-state index in [9.17, 15) is 0 Å². The van der Waals surface area contributed by atoms with Crippen LogP contribution in [0.2, 0.25) is 0 Å². The van der Waals surface area contributed by atoms with E-state index < -0.39 is 0 Å². The highest BCUT2D eigenvalue weighted by Gasteiger charge is 2.46. The lowest BCUT2D eigenvalue weighted by Gasteiger charge is -2.24. The van der Waals surface area contributed by atoms with Gasteiger partial charge in [-0.3, -0.25) is 0 Å². The van der Waals surface area contributed by atoms with Crippen LogP contribution in [0.4, 0.5) is 0 Å². The Labute approximate surface area is 98.3 Å². The van der Waals surface area contributed by atoms with Gasteiger partial charge in [0.25, 0.3) is 0 Å². The summed E-state index contributed by atoms with van der Waals surface area (Å²) in [4.78, 5) is 4.56. The maximum Gasteiger partial charge on any atom is 0.126 e. The van der Waals surface area contributed by atoms with Crippen LogP contribution in [-0.4, -0.2) is 16.1 Å². The standard InChI is InChI=1S/C13H23N3/c1-4-9-16-10-8-15-12(16)11(14-5-2)13(3)6-7-13/h8,10-11,14H,4-7,9H2,1-3H3. The topological polar surface area (TPSA) is 29.9 Å². The van der Waals surface area contributed by atoms with Crippen molar-refractivity contribution in [2.45, 2.75) is 52.6 Å². The molecule has 1 aromatic heterocycles. The Morgan fingerprint density at radius 2 is 2.25 bits per heavy atom. The van der Waals surface area contributed by atoms with Gasteiger partial charge < -0.3 is 9.88 Å². The van der Waals surface area contributed by atoms with Crippen molar-refractivity contribution in [3.05, 3.63) is 18.2 Å². The molecule has 0 aromatic carbocycles.